The highest BCUT2D eigenvalue weighted by molar-refractivity contribution is 5.85. The number of pyridine rings is 2. The molecule has 0 saturated heterocycles. The van der Waals surface area contributed by atoms with Gasteiger partial charge in [0.2, 0.25) is 0 Å². The van der Waals surface area contributed by atoms with E-state index in [1.165, 1.54) is 17.7 Å². The predicted molar refractivity (Wildman–Crippen MR) is 122 cm³/mol. The number of nitrogens with zero attached hydrogens (tertiary/aromatic N) is 3. The number of hydrogen-bond donors (Lipinski definition) is 0. The number of rotatable bonds is 5. The number of fused-ring (bicyclic) bond motifs is 3. The molecule has 0 aliphatic carbocycles. The van der Waals surface area contributed by atoms with E-state index in [9.17, 15) is 9.18 Å². The summed E-state index contributed by atoms with van der Waals surface area (Å²) in [6, 6.07) is 11.9. The van der Waals surface area contributed by atoms with E-state index >= 15 is 0 Å². The Labute approximate surface area is 190 Å². The molecule has 0 radical (unpaired) electrons. The predicted octanol–water partition coefficient (Wildman–Crippen LogP) is 4.50. The maximum Gasteiger partial charge on any atom is 0.258 e. The number of likely N-dealkylation sites (N-methyl/N-ethyl adjacent to an activating group) is 1. The van der Waals surface area contributed by atoms with Crippen molar-refractivity contribution >= 4 is 23.4 Å². The third-order valence-corrected chi connectivity index (χ3v) is 5.69. The van der Waals surface area contributed by atoms with E-state index in [4.69, 9.17) is 9.15 Å². The quantitative estimate of drug-likeness (QED) is 0.443. The van der Waals surface area contributed by atoms with Crippen LogP contribution in [0.1, 0.15) is 23.9 Å². The molecule has 32 heavy (non-hydrogen) atoms. The van der Waals surface area contributed by atoms with Crippen molar-refractivity contribution < 1.29 is 13.5 Å². The van der Waals surface area contributed by atoms with Gasteiger partial charge in [-0.2, -0.15) is 0 Å². The molecular weight excluding hydrogens is 433 g/mol. The zero-order valence-electron chi connectivity index (χ0n) is 17.6. The summed E-state index contributed by atoms with van der Waals surface area (Å²) in [6.07, 6.45) is 3.72. The largest absolute Gasteiger partial charge is 0.487 e. The maximum absolute atomic E-state index is 13.0. The molecule has 1 aliphatic rings. The van der Waals surface area contributed by atoms with Crippen molar-refractivity contribution in [3.63, 3.8) is 0 Å². The summed E-state index contributed by atoms with van der Waals surface area (Å²) in [5, 5.41) is 1.11. The van der Waals surface area contributed by atoms with Crippen LogP contribution >= 0.6 is 12.4 Å². The Balaban J connectivity index is 0.00000245. The van der Waals surface area contributed by atoms with Gasteiger partial charge < -0.3 is 9.15 Å². The van der Waals surface area contributed by atoms with Crippen LogP contribution in [0, 0.1) is 5.82 Å². The molecule has 4 heterocycles. The molecular formula is C24H23ClFN3O3. The van der Waals surface area contributed by atoms with Gasteiger partial charge in [0.15, 0.2) is 0 Å². The molecule has 0 unspecified atom stereocenters. The summed E-state index contributed by atoms with van der Waals surface area (Å²) in [5.74, 6) is 1.08. The molecule has 5 rings (SSSR count). The Morgan fingerprint density at radius 2 is 2.06 bits per heavy atom. The van der Waals surface area contributed by atoms with Crippen LogP contribution in [0.15, 0.2) is 64.1 Å². The number of halogens is 2. The van der Waals surface area contributed by atoms with Gasteiger partial charge in [-0.3, -0.25) is 19.2 Å². The molecule has 1 aliphatic heterocycles. The van der Waals surface area contributed by atoms with Crippen LogP contribution in [0.5, 0.6) is 5.75 Å². The molecule has 0 amide bonds. The average molecular weight is 456 g/mol. The van der Waals surface area contributed by atoms with Crippen molar-refractivity contribution in [3.8, 4) is 11.4 Å². The van der Waals surface area contributed by atoms with Gasteiger partial charge in [0, 0.05) is 48.8 Å². The second-order valence-electron chi connectivity index (χ2n) is 7.63. The van der Waals surface area contributed by atoms with Crippen LogP contribution in [0.3, 0.4) is 0 Å². The smallest absolute Gasteiger partial charge is 0.258 e. The summed E-state index contributed by atoms with van der Waals surface area (Å²) < 4.78 is 26.2. The molecule has 8 heteroatoms. The monoisotopic (exact) mass is 455 g/mol. The zero-order valence-corrected chi connectivity index (χ0v) is 18.4. The first-order chi connectivity index (χ1) is 15.1. The van der Waals surface area contributed by atoms with E-state index in [1.807, 2.05) is 18.2 Å². The lowest BCUT2D eigenvalue weighted by Crippen LogP contribution is -2.29. The molecule has 6 nitrogen and oxygen atoms in total. The fourth-order valence-electron chi connectivity index (χ4n) is 3.96. The Hall–Kier alpha value is -3.16. The highest BCUT2D eigenvalue weighted by Gasteiger charge is 2.22. The van der Waals surface area contributed by atoms with Crippen molar-refractivity contribution in [2.24, 2.45) is 0 Å². The summed E-state index contributed by atoms with van der Waals surface area (Å²) in [7, 11) is 0. The molecule has 0 N–H and O–H groups in total. The van der Waals surface area contributed by atoms with E-state index in [0.29, 0.717) is 11.4 Å². The van der Waals surface area contributed by atoms with Crippen LogP contribution in [-0.4, -0.2) is 27.5 Å². The topological polar surface area (TPSA) is 60.5 Å². The number of ether oxygens (including phenoxy) is 1. The molecule has 0 saturated carbocycles. The normalized spacial score (nSPS) is 13.6. The van der Waals surface area contributed by atoms with Gasteiger partial charge in [-0.25, -0.2) is 4.39 Å². The van der Waals surface area contributed by atoms with E-state index in [1.54, 1.807) is 22.9 Å². The third-order valence-electron chi connectivity index (χ3n) is 5.69. The maximum atomic E-state index is 13.0. The minimum absolute atomic E-state index is 0. The van der Waals surface area contributed by atoms with E-state index in [2.05, 4.69) is 16.8 Å². The second-order valence-corrected chi connectivity index (χ2v) is 7.63. The average Bonchev–Trinajstić information content (AvgIpc) is 3.15. The fourth-order valence-corrected chi connectivity index (χ4v) is 3.96. The minimum Gasteiger partial charge on any atom is -0.487 e. The van der Waals surface area contributed by atoms with Crippen molar-refractivity contribution in [2.45, 2.75) is 26.5 Å². The second kappa shape index (κ2) is 9.14. The van der Waals surface area contributed by atoms with Crippen LogP contribution < -0.4 is 10.3 Å². The molecule has 1 aromatic carbocycles. The summed E-state index contributed by atoms with van der Waals surface area (Å²) in [5.41, 5.74) is 3.16. The number of benzene rings is 1. The van der Waals surface area contributed by atoms with Gasteiger partial charge >= 0.3 is 0 Å². The molecule has 0 fully saturated rings. The zero-order chi connectivity index (χ0) is 21.4. The Bertz CT molecular complexity index is 1300. The minimum atomic E-state index is -0.400. The van der Waals surface area contributed by atoms with Crippen molar-refractivity contribution in [2.75, 3.05) is 13.1 Å². The summed E-state index contributed by atoms with van der Waals surface area (Å²) in [6.45, 7) is 5.24. The molecule has 0 atom stereocenters. The number of furan rings is 1. The van der Waals surface area contributed by atoms with Crippen LogP contribution in [0.25, 0.3) is 16.7 Å². The lowest BCUT2D eigenvalue weighted by atomic mass is 10.0. The van der Waals surface area contributed by atoms with Crippen LogP contribution in [0.4, 0.5) is 4.39 Å². The van der Waals surface area contributed by atoms with Crippen molar-refractivity contribution in [1.29, 1.82) is 0 Å². The van der Waals surface area contributed by atoms with E-state index in [-0.39, 0.29) is 24.6 Å². The van der Waals surface area contributed by atoms with Gasteiger partial charge in [0.1, 0.15) is 29.5 Å². The molecule has 3 aromatic heterocycles. The summed E-state index contributed by atoms with van der Waals surface area (Å²) in [4.78, 5) is 19.0. The Kier molecular flexibility index (Phi) is 6.30. The first-order valence-corrected chi connectivity index (χ1v) is 10.3. The number of hydrogen-bond acceptors (Lipinski definition) is 5. The molecule has 0 bridgehead atoms. The van der Waals surface area contributed by atoms with Crippen molar-refractivity contribution in [3.05, 3.63) is 88.0 Å². The highest BCUT2D eigenvalue weighted by atomic mass is 35.5. The molecule has 4 aromatic rings. The fraction of sp³-hybridized carbons (Fsp3) is 0.250. The van der Waals surface area contributed by atoms with E-state index in [0.717, 1.165) is 54.7 Å². The third kappa shape index (κ3) is 4.26. The van der Waals surface area contributed by atoms with Crippen LogP contribution in [-0.2, 0) is 19.6 Å². The van der Waals surface area contributed by atoms with Gasteiger partial charge in [0.05, 0.1) is 17.6 Å². The van der Waals surface area contributed by atoms with Gasteiger partial charge in [0.25, 0.3) is 5.56 Å². The Morgan fingerprint density at radius 1 is 1.19 bits per heavy atom. The SMILES string of the molecule is CCN1CCc2oc3cc(-n4ccc(OCc5ccc(F)cn5)cc4=O)ccc3c2C1.Cl. The van der Waals surface area contributed by atoms with Gasteiger partial charge in [-0.1, -0.05) is 6.92 Å². The van der Waals surface area contributed by atoms with Gasteiger partial charge in [-0.15, -0.1) is 12.4 Å². The number of aromatic nitrogens is 2. The molecule has 166 valence electrons. The first kappa shape index (κ1) is 22.0. The van der Waals surface area contributed by atoms with Crippen LogP contribution in [0.2, 0.25) is 0 Å². The van der Waals surface area contributed by atoms with Gasteiger partial charge in [-0.05, 0) is 36.9 Å². The standard InChI is InChI=1S/C24H22FN3O3.ClH/c1-2-27-9-8-22-21(14-27)20-6-5-18(11-23(20)31-22)28-10-7-19(12-24(28)29)30-15-17-4-3-16(25)13-26-17;/h3-7,10-13H,2,8-9,14-15H2,1H3;1H. The lowest BCUT2D eigenvalue weighted by Gasteiger charge is -2.24. The molecule has 0 spiro atoms. The Morgan fingerprint density at radius 3 is 2.81 bits per heavy atom. The van der Waals surface area contributed by atoms with E-state index < -0.39 is 5.82 Å². The summed E-state index contributed by atoms with van der Waals surface area (Å²) >= 11 is 0. The highest BCUT2D eigenvalue weighted by Crippen LogP contribution is 2.31. The van der Waals surface area contributed by atoms with Crippen molar-refractivity contribution in [1.82, 2.24) is 14.5 Å². The first-order valence-electron chi connectivity index (χ1n) is 10.3. The lowest BCUT2D eigenvalue weighted by molar-refractivity contribution is 0.256.